The first-order valence-corrected chi connectivity index (χ1v) is 9.43. The van der Waals surface area contributed by atoms with E-state index in [4.69, 9.17) is 14.2 Å². The van der Waals surface area contributed by atoms with E-state index in [-0.39, 0.29) is 23.9 Å². The number of ether oxygens (including phenoxy) is 3. The van der Waals surface area contributed by atoms with Gasteiger partial charge in [-0.15, -0.1) is 10.2 Å². The fourth-order valence-corrected chi connectivity index (χ4v) is 3.20. The SMILES string of the molecule is COCc1nnc(-c2cnc(-c3cccc(F)c3OC)cn2)n1-c1ccc(OC)[nH]c1=O. The average Bonchev–Trinajstić information content (AvgIpc) is 3.22. The zero-order valence-electron chi connectivity index (χ0n) is 17.5. The lowest BCUT2D eigenvalue weighted by atomic mass is 10.1. The van der Waals surface area contributed by atoms with Crippen LogP contribution in [0.1, 0.15) is 5.82 Å². The van der Waals surface area contributed by atoms with Crippen molar-refractivity contribution in [3.63, 3.8) is 0 Å². The molecule has 0 radical (unpaired) electrons. The van der Waals surface area contributed by atoms with Gasteiger partial charge in [0.05, 0.1) is 32.3 Å². The first-order chi connectivity index (χ1) is 15.6. The second-order valence-electron chi connectivity index (χ2n) is 6.56. The van der Waals surface area contributed by atoms with Crippen molar-refractivity contribution in [3.8, 4) is 40.1 Å². The van der Waals surface area contributed by atoms with Gasteiger partial charge in [-0.3, -0.25) is 19.3 Å². The van der Waals surface area contributed by atoms with Gasteiger partial charge in [0.25, 0.3) is 5.56 Å². The monoisotopic (exact) mass is 438 g/mol. The van der Waals surface area contributed by atoms with Crippen LogP contribution in [-0.2, 0) is 11.3 Å². The van der Waals surface area contributed by atoms with Crippen LogP contribution in [0, 0.1) is 5.82 Å². The van der Waals surface area contributed by atoms with Crippen LogP contribution in [0.25, 0.3) is 28.5 Å². The van der Waals surface area contributed by atoms with Crippen LogP contribution in [-0.4, -0.2) is 51.0 Å². The highest BCUT2D eigenvalue weighted by atomic mass is 19.1. The summed E-state index contributed by atoms with van der Waals surface area (Å²) in [4.78, 5) is 24.1. The number of H-pyrrole nitrogens is 1. The molecule has 1 aromatic carbocycles. The Morgan fingerprint density at radius 3 is 2.44 bits per heavy atom. The Labute approximate surface area is 181 Å². The third-order valence-corrected chi connectivity index (χ3v) is 4.65. The number of para-hydroxylation sites is 1. The molecule has 0 aliphatic carbocycles. The highest BCUT2D eigenvalue weighted by Gasteiger charge is 2.20. The standard InChI is InChI=1S/C21H19FN6O4/c1-30-11-17-26-27-20(28(17)16-7-8-18(31-2)25-21(16)29)15-10-23-14(9-24-15)12-5-4-6-13(22)19(12)32-3/h4-10H,11H2,1-3H3,(H,25,29). The Hall–Kier alpha value is -4.12. The normalized spacial score (nSPS) is 10.9. The molecule has 4 rings (SSSR count). The van der Waals surface area contributed by atoms with Crippen molar-refractivity contribution in [2.45, 2.75) is 6.61 Å². The average molecular weight is 438 g/mol. The van der Waals surface area contributed by atoms with Crippen molar-refractivity contribution >= 4 is 0 Å². The summed E-state index contributed by atoms with van der Waals surface area (Å²) in [6.45, 7) is 0.116. The van der Waals surface area contributed by atoms with E-state index in [1.54, 1.807) is 24.3 Å². The largest absolute Gasteiger partial charge is 0.493 e. The van der Waals surface area contributed by atoms with E-state index in [1.165, 1.54) is 44.4 Å². The van der Waals surface area contributed by atoms with E-state index in [2.05, 4.69) is 25.1 Å². The van der Waals surface area contributed by atoms with E-state index in [1.807, 2.05) is 0 Å². The zero-order chi connectivity index (χ0) is 22.7. The Balaban J connectivity index is 1.80. The predicted octanol–water partition coefficient (Wildman–Crippen LogP) is 2.38. The predicted molar refractivity (Wildman–Crippen MR) is 112 cm³/mol. The molecular weight excluding hydrogens is 419 g/mol. The molecule has 10 nitrogen and oxygen atoms in total. The lowest BCUT2D eigenvalue weighted by Gasteiger charge is -2.11. The van der Waals surface area contributed by atoms with E-state index < -0.39 is 11.4 Å². The number of hydrogen-bond donors (Lipinski definition) is 1. The molecule has 164 valence electrons. The summed E-state index contributed by atoms with van der Waals surface area (Å²) in [7, 11) is 4.35. The van der Waals surface area contributed by atoms with Gasteiger partial charge in [-0.05, 0) is 18.2 Å². The molecular formula is C21H19FN6O4. The smallest absolute Gasteiger partial charge is 0.275 e. The number of aromatic nitrogens is 6. The summed E-state index contributed by atoms with van der Waals surface area (Å²) in [6, 6.07) is 7.75. The molecule has 11 heteroatoms. The molecule has 0 spiro atoms. The lowest BCUT2D eigenvalue weighted by Crippen LogP contribution is -2.18. The second kappa shape index (κ2) is 8.94. The number of benzene rings is 1. The number of rotatable bonds is 7. The fraction of sp³-hybridized carbons (Fsp3) is 0.190. The maximum atomic E-state index is 14.0. The Morgan fingerprint density at radius 1 is 1.00 bits per heavy atom. The zero-order valence-corrected chi connectivity index (χ0v) is 17.5. The molecule has 0 amide bonds. The van der Waals surface area contributed by atoms with Gasteiger partial charge in [0, 0.05) is 18.7 Å². The number of pyridine rings is 1. The third kappa shape index (κ3) is 3.81. The van der Waals surface area contributed by atoms with E-state index in [9.17, 15) is 9.18 Å². The number of aromatic amines is 1. The van der Waals surface area contributed by atoms with Gasteiger partial charge < -0.3 is 14.2 Å². The van der Waals surface area contributed by atoms with Crippen molar-refractivity contribution in [2.24, 2.45) is 0 Å². The summed E-state index contributed by atoms with van der Waals surface area (Å²) in [5.41, 5.74) is 1.08. The molecule has 32 heavy (non-hydrogen) atoms. The fourth-order valence-electron chi connectivity index (χ4n) is 3.20. The van der Waals surface area contributed by atoms with Crippen LogP contribution in [0.5, 0.6) is 11.6 Å². The minimum absolute atomic E-state index is 0.0739. The van der Waals surface area contributed by atoms with Crippen LogP contribution >= 0.6 is 0 Å². The van der Waals surface area contributed by atoms with Crippen molar-refractivity contribution in [2.75, 3.05) is 21.3 Å². The molecule has 0 atom stereocenters. The van der Waals surface area contributed by atoms with Crippen LogP contribution in [0.2, 0.25) is 0 Å². The van der Waals surface area contributed by atoms with Crippen LogP contribution in [0.3, 0.4) is 0 Å². The van der Waals surface area contributed by atoms with Crippen LogP contribution in [0.15, 0.2) is 47.5 Å². The second-order valence-corrected chi connectivity index (χ2v) is 6.56. The van der Waals surface area contributed by atoms with Crippen molar-refractivity contribution in [1.29, 1.82) is 0 Å². The Bertz CT molecular complexity index is 1300. The van der Waals surface area contributed by atoms with E-state index in [0.717, 1.165) is 0 Å². The van der Waals surface area contributed by atoms with Crippen LogP contribution < -0.4 is 15.0 Å². The molecule has 0 aliphatic rings. The quantitative estimate of drug-likeness (QED) is 0.467. The molecule has 3 aromatic heterocycles. The Morgan fingerprint density at radius 2 is 1.78 bits per heavy atom. The van der Waals surface area contributed by atoms with E-state index in [0.29, 0.717) is 28.7 Å². The molecule has 0 saturated carbocycles. The minimum atomic E-state index is -0.501. The molecule has 3 heterocycles. The number of hydrogen-bond acceptors (Lipinski definition) is 8. The summed E-state index contributed by atoms with van der Waals surface area (Å²) in [5.74, 6) is 0.576. The van der Waals surface area contributed by atoms with Gasteiger partial charge in [-0.2, -0.15) is 0 Å². The van der Waals surface area contributed by atoms with Gasteiger partial charge >= 0.3 is 0 Å². The minimum Gasteiger partial charge on any atom is -0.493 e. The molecule has 1 N–H and O–H groups in total. The summed E-state index contributed by atoms with van der Waals surface area (Å²) < 4.78 is 31.0. The summed E-state index contributed by atoms with van der Waals surface area (Å²) in [5, 5.41) is 8.31. The molecule has 0 fully saturated rings. The first-order valence-electron chi connectivity index (χ1n) is 9.43. The number of nitrogens with one attached hydrogen (secondary N) is 1. The van der Waals surface area contributed by atoms with E-state index >= 15 is 0 Å². The molecule has 0 unspecified atom stereocenters. The van der Waals surface area contributed by atoms with Gasteiger partial charge in [-0.25, -0.2) is 9.37 Å². The van der Waals surface area contributed by atoms with Gasteiger partial charge in [-0.1, -0.05) is 6.07 Å². The highest BCUT2D eigenvalue weighted by molar-refractivity contribution is 5.67. The van der Waals surface area contributed by atoms with Crippen molar-refractivity contribution in [3.05, 3.63) is 64.7 Å². The van der Waals surface area contributed by atoms with Crippen molar-refractivity contribution in [1.82, 2.24) is 29.7 Å². The topological polar surface area (TPSA) is 117 Å². The molecule has 0 bridgehead atoms. The third-order valence-electron chi connectivity index (χ3n) is 4.65. The van der Waals surface area contributed by atoms with Gasteiger partial charge in [0.2, 0.25) is 0 Å². The van der Waals surface area contributed by atoms with Gasteiger partial charge in [0.15, 0.2) is 29.1 Å². The maximum Gasteiger partial charge on any atom is 0.275 e. The summed E-state index contributed by atoms with van der Waals surface area (Å²) >= 11 is 0. The molecule has 0 aliphatic heterocycles. The molecule has 4 aromatic rings. The van der Waals surface area contributed by atoms with Gasteiger partial charge in [0.1, 0.15) is 18.0 Å². The molecule has 0 saturated heterocycles. The lowest BCUT2D eigenvalue weighted by molar-refractivity contribution is 0.176. The van der Waals surface area contributed by atoms with Crippen molar-refractivity contribution < 1.29 is 18.6 Å². The first kappa shape index (κ1) is 21.1. The summed E-state index contributed by atoms with van der Waals surface area (Å²) in [6.07, 6.45) is 2.94. The maximum absolute atomic E-state index is 14.0. The highest BCUT2D eigenvalue weighted by Crippen LogP contribution is 2.31. The van der Waals surface area contributed by atoms with Crippen LogP contribution in [0.4, 0.5) is 4.39 Å². The number of halogens is 1. The number of nitrogens with zero attached hydrogens (tertiary/aromatic N) is 5. The number of methoxy groups -OCH3 is 3. The Kier molecular flexibility index (Phi) is 5.90.